The van der Waals surface area contributed by atoms with Gasteiger partial charge >= 0.3 is 5.97 Å². The van der Waals surface area contributed by atoms with E-state index >= 15 is 0 Å². The van der Waals surface area contributed by atoms with Crippen LogP contribution in [0.1, 0.15) is 21.6 Å². The molecule has 172 valence electrons. The Morgan fingerprint density at radius 2 is 1.88 bits per heavy atom. The summed E-state index contributed by atoms with van der Waals surface area (Å²) in [7, 11) is 0. The van der Waals surface area contributed by atoms with Crippen molar-refractivity contribution in [1.82, 2.24) is 4.57 Å². The second-order valence-corrected chi connectivity index (χ2v) is 9.24. The van der Waals surface area contributed by atoms with Crippen LogP contribution in [0.5, 0.6) is 11.5 Å². The molecule has 0 unspecified atom stereocenters. The average molecular weight is 474 g/mol. The van der Waals surface area contributed by atoms with Crippen molar-refractivity contribution in [3.63, 3.8) is 0 Å². The molecular formula is C27H23NO5S. The number of rotatable bonds is 6. The van der Waals surface area contributed by atoms with Gasteiger partial charge in [0, 0.05) is 27.3 Å². The molecule has 34 heavy (non-hydrogen) atoms. The third kappa shape index (κ3) is 4.39. The topological polar surface area (TPSA) is 77.8 Å². The molecule has 4 aromatic rings. The van der Waals surface area contributed by atoms with Gasteiger partial charge in [-0.1, -0.05) is 24.3 Å². The number of hydrogen-bond acceptors (Lipinski definition) is 5. The average Bonchev–Trinajstić information content (AvgIpc) is 3.19. The molecule has 6 nitrogen and oxygen atoms in total. The second-order valence-electron chi connectivity index (χ2n) is 8.18. The molecule has 7 heteroatoms. The molecule has 0 saturated carbocycles. The van der Waals surface area contributed by atoms with E-state index in [0.29, 0.717) is 29.0 Å². The fraction of sp³-hybridized carbons (Fsp3) is 0.185. The minimum atomic E-state index is -0.902. The molecule has 0 bridgehead atoms. The zero-order chi connectivity index (χ0) is 23.7. The number of para-hydroxylation sites is 1. The Kier molecular flexibility index (Phi) is 6.02. The maximum absolute atomic E-state index is 13.3. The van der Waals surface area contributed by atoms with E-state index in [4.69, 9.17) is 9.47 Å². The first kappa shape index (κ1) is 22.1. The van der Waals surface area contributed by atoms with Crippen molar-refractivity contribution in [3.8, 4) is 11.5 Å². The summed E-state index contributed by atoms with van der Waals surface area (Å²) in [5.74, 6) is 1.30. The Bertz CT molecular complexity index is 1380. The van der Waals surface area contributed by atoms with Crippen LogP contribution < -0.4 is 9.47 Å². The third-order valence-corrected chi connectivity index (χ3v) is 6.96. The monoisotopic (exact) mass is 473 g/mol. The van der Waals surface area contributed by atoms with Crippen molar-refractivity contribution in [2.24, 2.45) is 0 Å². The van der Waals surface area contributed by atoms with Gasteiger partial charge in [-0.3, -0.25) is 14.2 Å². The van der Waals surface area contributed by atoms with E-state index < -0.39 is 5.97 Å². The fourth-order valence-corrected chi connectivity index (χ4v) is 5.13. The van der Waals surface area contributed by atoms with E-state index in [1.54, 1.807) is 52.7 Å². The van der Waals surface area contributed by atoms with Crippen molar-refractivity contribution in [2.45, 2.75) is 24.3 Å². The van der Waals surface area contributed by atoms with Crippen LogP contribution in [0.4, 0.5) is 0 Å². The molecule has 0 saturated heterocycles. The number of aryl methyl sites for hydroxylation is 1. The summed E-state index contributed by atoms with van der Waals surface area (Å²) in [6, 6.07) is 22.3. The summed E-state index contributed by atoms with van der Waals surface area (Å²) >= 11 is 1.76. The molecule has 0 spiro atoms. The summed E-state index contributed by atoms with van der Waals surface area (Å²) in [5.41, 5.74) is 2.67. The first-order valence-corrected chi connectivity index (χ1v) is 12.0. The molecule has 3 aromatic carbocycles. The molecule has 1 N–H and O–H groups in total. The lowest BCUT2D eigenvalue weighted by Crippen LogP contribution is -2.29. The van der Waals surface area contributed by atoms with Gasteiger partial charge in [0.15, 0.2) is 0 Å². The normalized spacial score (nSPS) is 14.9. The number of carbonyl (C=O) groups is 2. The molecular weight excluding hydrogens is 450 g/mol. The number of thioether (sulfide) groups is 1. The minimum absolute atomic E-state index is 0.0462. The highest BCUT2D eigenvalue weighted by Crippen LogP contribution is 2.35. The second kappa shape index (κ2) is 9.27. The molecule has 0 radical (unpaired) electrons. The summed E-state index contributed by atoms with van der Waals surface area (Å²) in [6.07, 6.45) is -0.134. The summed E-state index contributed by atoms with van der Waals surface area (Å²) in [4.78, 5) is 25.6. The van der Waals surface area contributed by atoms with E-state index in [0.717, 1.165) is 27.5 Å². The molecule has 0 aliphatic carbocycles. The predicted octanol–water partition coefficient (Wildman–Crippen LogP) is 5.20. The van der Waals surface area contributed by atoms with Gasteiger partial charge in [-0.15, -0.1) is 11.8 Å². The van der Waals surface area contributed by atoms with Gasteiger partial charge in [0.2, 0.25) is 0 Å². The SMILES string of the molecule is Cc1cc2c(CC(=O)O)cccc2n1C(=O)c1ccc(OC[C@@H]2CSc3ccccc3O2)cc1. The van der Waals surface area contributed by atoms with Crippen LogP contribution in [0.2, 0.25) is 0 Å². The maximum Gasteiger partial charge on any atom is 0.307 e. The number of hydrogen-bond donors (Lipinski definition) is 1. The standard InChI is InChI=1S/C27H23NO5S/c1-17-13-22-19(14-26(29)30)5-4-6-23(22)28(17)27(31)18-9-11-20(12-10-18)32-15-21-16-34-25-8-3-2-7-24(25)33-21/h2-13,21H,14-16H2,1H3,(H,29,30)/t21-/m1/s1. The highest BCUT2D eigenvalue weighted by atomic mass is 32.2. The van der Waals surface area contributed by atoms with Crippen molar-refractivity contribution in [1.29, 1.82) is 0 Å². The lowest BCUT2D eigenvalue weighted by atomic mass is 10.1. The van der Waals surface area contributed by atoms with Gasteiger partial charge in [-0.25, -0.2) is 0 Å². The van der Waals surface area contributed by atoms with Crippen LogP contribution in [0.3, 0.4) is 0 Å². The zero-order valence-corrected chi connectivity index (χ0v) is 19.4. The molecule has 5 rings (SSSR count). The van der Waals surface area contributed by atoms with E-state index in [1.165, 1.54) is 0 Å². The van der Waals surface area contributed by atoms with Crippen molar-refractivity contribution < 1.29 is 24.2 Å². The third-order valence-electron chi connectivity index (χ3n) is 5.77. The van der Waals surface area contributed by atoms with E-state index in [-0.39, 0.29) is 18.4 Å². The molecule has 1 aliphatic rings. The molecule has 2 heterocycles. The van der Waals surface area contributed by atoms with Crippen molar-refractivity contribution in [3.05, 3.63) is 89.6 Å². The number of carboxylic acid groups (broad SMARTS) is 1. The van der Waals surface area contributed by atoms with Crippen LogP contribution in [-0.2, 0) is 11.2 Å². The van der Waals surface area contributed by atoms with Gasteiger partial charge in [0.1, 0.15) is 24.2 Å². The highest BCUT2D eigenvalue weighted by molar-refractivity contribution is 7.99. The van der Waals surface area contributed by atoms with E-state index in [1.807, 2.05) is 37.3 Å². The van der Waals surface area contributed by atoms with Crippen LogP contribution in [0.15, 0.2) is 77.7 Å². The van der Waals surface area contributed by atoms with Crippen LogP contribution >= 0.6 is 11.8 Å². The zero-order valence-electron chi connectivity index (χ0n) is 18.6. The van der Waals surface area contributed by atoms with Gasteiger partial charge < -0.3 is 14.6 Å². The quantitative estimate of drug-likeness (QED) is 0.415. The van der Waals surface area contributed by atoms with Crippen LogP contribution in [0.25, 0.3) is 10.9 Å². The fourth-order valence-electron chi connectivity index (χ4n) is 4.17. The Morgan fingerprint density at radius 3 is 2.68 bits per heavy atom. The number of nitrogens with zero attached hydrogens (tertiary/aromatic N) is 1. The predicted molar refractivity (Wildman–Crippen MR) is 131 cm³/mol. The Balaban J connectivity index is 1.29. The summed E-state index contributed by atoms with van der Waals surface area (Å²) in [6.45, 7) is 2.27. The smallest absolute Gasteiger partial charge is 0.307 e. The highest BCUT2D eigenvalue weighted by Gasteiger charge is 2.21. The minimum Gasteiger partial charge on any atom is -0.490 e. The van der Waals surface area contributed by atoms with Crippen molar-refractivity contribution >= 4 is 34.5 Å². The van der Waals surface area contributed by atoms with E-state index in [9.17, 15) is 14.7 Å². The van der Waals surface area contributed by atoms with E-state index in [2.05, 4.69) is 6.07 Å². The molecule has 0 fully saturated rings. The summed E-state index contributed by atoms with van der Waals surface area (Å²) < 4.78 is 13.6. The van der Waals surface area contributed by atoms with Crippen LogP contribution in [-0.4, -0.2) is 40.0 Å². The number of aliphatic carboxylic acids is 1. The number of fused-ring (bicyclic) bond motifs is 2. The first-order valence-electron chi connectivity index (χ1n) is 11.0. The Labute approximate surface area is 201 Å². The van der Waals surface area contributed by atoms with Gasteiger partial charge in [-0.05, 0) is 61.0 Å². The Morgan fingerprint density at radius 1 is 1.09 bits per heavy atom. The van der Waals surface area contributed by atoms with Gasteiger partial charge in [-0.2, -0.15) is 0 Å². The molecule has 1 aliphatic heterocycles. The first-order chi connectivity index (χ1) is 16.5. The molecule has 0 amide bonds. The molecule has 1 atom stereocenters. The Hall–Kier alpha value is -3.71. The van der Waals surface area contributed by atoms with Crippen LogP contribution in [0, 0.1) is 6.92 Å². The number of carboxylic acids is 1. The molecule has 1 aromatic heterocycles. The lowest BCUT2D eigenvalue weighted by Gasteiger charge is -2.25. The number of benzene rings is 3. The van der Waals surface area contributed by atoms with Gasteiger partial charge in [0.05, 0.1) is 11.9 Å². The van der Waals surface area contributed by atoms with Gasteiger partial charge in [0.25, 0.3) is 5.91 Å². The van der Waals surface area contributed by atoms with Crippen molar-refractivity contribution in [2.75, 3.05) is 12.4 Å². The summed E-state index contributed by atoms with van der Waals surface area (Å²) in [5, 5.41) is 9.97. The maximum atomic E-state index is 13.3. The largest absolute Gasteiger partial charge is 0.490 e. The number of carbonyl (C=O) groups excluding carboxylic acids is 1. The lowest BCUT2D eigenvalue weighted by molar-refractivity contribution is -0.136. The number of aromatic nitrogens is 1. The number of ether oxygens (including phenoxy) is 2.